The number of halogens is 1. The van der Waals surface area contributed by atoms with Crippen LogP contribution >= 0.6 is 0 Å². The molecule has 1 aliphatic carbocycles. The van der Waals surface area contributed by atoms with E-state index in [1.807, 2.05) is 25.1 Å². The van der Waals surface area contributed by atoms with Gasteiger partial charge >= 0.3 is 0 Å². The third-order valence-electron chi connectivity index (χ3n) is 4.81. The van der Waals surface area contributed by atoms with Gasteiger partial charge in [0.05, 0.1) is 0 Å². The van der Waals surface area contributed by atoms with Crippen molar-refractivity contribution in [2.75, 3.05) is 0 Å². The van der Waals surface area contributed by atoms with E-state index >= 15 is 0 Å². The lowest BCUT2D eigenvalue weighted by Gasteiger charge is -2.16. The second-order valence-corrected chi connectivity index (χ2v) is 6.69. The lowest BCUT2D eigenvalue weighted by Crippen LogP contribution is -1.99. The highest BCUT2D eigenvalue weighted by Gasteiger charge is 2.13. The van der Waals surface area contributed by atoms with Gasteiger partial charge in [-0.3, -0.25) is 0 Å². The molecule has 1 heteroatoms. The molecule has 0 N–H and O–H groups in total. The summed E-state index contributed by atoms with van der Waals surface area (Å²) in [6.45, 7) is 4.13. The number of allylic oxidation sites excluding steroid dienone is 6. The fraction of sp³-hybridized carbons (Fsp3) is 0.250. The van der Waals surface area contributed by atoms with Crippen LogP contribution in [-0.2, 0) is 6.42 Å². The Balaban J connectivity index is 1.76. The van der Waals surface area contributed by atoms with Crippen molar-refractivity contribution in [2.24, 2.45) is 0 Å². The highest BCUT2D eigenvalue weighted by molar-refractivity contribution is 5.65. The van der Waals surface area contributed by atoms with Gasteiger partial charge in [0.15, 0.2) is 0 Å². The van der Waals surface area contributed by atoms with Gasteiger partial charge < -0.3 is 0 Å². The maximum atomic E-state index is 14.7. The summed E-state index contributed by atoms with van der Waals surface area (Å²) in [5.41, 5.74) is 5.23. The molecule has 2 aromatic rings. The minimum Gasteiger partial charge on any atom is -0.206 e. The number of benzene rings is 2. The first kappa shape index (κ1) is 17.4. The Hall–Kier alpha value is -2.41. The molecule has 3 rings (SSSR count). The summed E-state index contributed by atoms with van der Waals surface area (Å²) >= 11 is 0. The molecular weight excluding hydrogens is 307 g/mol. The summed E-state index contributed by atoms with van der Waals surface area (Å²) < 4.78 is 14.7. The smallest absolute Gasteiger partial charge is 0.131 e. The maximum Gasteiger partial charge on any atom is 0.131 e. The molecule has 1 unspecified atom stereocenters. The van der Waals surface area contributed by atoms with Crippen LogP contribution in [-0.4, -0.2) is 0 Å². The van der Waals surface area contributed by atoms with Crippen molar-refractivity contribution in [3.63, 3.8) is 0 Å². The number of hydrogen-bond donors (Lipinski definition) is 0. The molecule has 1 aliphatic rings. The Morgan fingerprint density at radius 1 is 1.12 bits per heavy atom. The van der Waals surface area contributed by atoms with E-state index in [-0.39, 0.29) is 11.7 Å². The number of rotatable bonds is 5. The third kappa shape index (κ3) is 4.36. The van der Waals surface area contributed by atoms with Gasteiger partial charge in [0.25, 0.3) is 0 Å². The molecular formula is C24H25F. The predicted octanol–water partition coefficient (Wildman–Crippen LogP) is 6.99. The Morgan fingerprint density at radius 3 is 2.56 bits per heavy atom. The van der Waals surface area contributed by atoms with Crippen molar-refractivity contribution >= 4 is 0 Å². The van der Waals surface area contributed by atoms with Crippen LogP contribution in [0.25, 0.3) is 11.1 Å². The van der Waals surface area contributed by atoms with Gasteiger partial charge in [-0.2, -0.15) is 0 Å². The van der Waals surface area contributed by atoms with Crippen molar-refractivity contribution in [1.82, 2.24) is 0 Å². The minimum absolute atomic E-state index is 0.140. The van der Waals surface area contributed by atoms with E-state index in [0.29, 0.717) is 5.56 Å². The average molecular weight is 332 g/mol. The lowest BCUT2D eigenvalue weighted by molar-refractivity contribution is 0.627. The van der Waals surface area contributed by atoms with Crippen molar-refractivity contribution in [1.29, 1.82) is 0 Å². The quantitative estimate of drug-likeness (QED) is 0.517. The van der Waals surface area contributed by atoms with Crippen molar-refractivity contribution in [3.05, 3.63) is 95.4 Å². The van der Waals surface area contributed by atoms with Crippen molar-refractivity contribution in [3.8, 4) is 11.1 Å². The molecule has 0 aliphatic heterocycles. The van der Waals surface area contributed by atoms with Gasteiger partial charge in [0, 0.05) is 11.5 Å². The summed E-state index contributed by atoms with van der Waals surface area (Å²) in [4.78, 5) is 0. The van der Waals surface area contributed by atoms with Crippen LogP contribution < -0.4 is 0 Å². The van der Waals surface area contributed by atoms with Gasteiger partial charge in [0.1, 0.15) is 5.82 Å². The topological polar surface area (TPSA) is 0 Å². The molecule has 0 saturated heterocycles. The van der Waals surface area contributed by atoms with Crippen molar-refractivity contribution in [2.45, 2.75) is 39.0 Å². The van der Waals surface area contributed by atoms with E-state index in [9.17, 15) is 4.39 Å². The zero-order chi connectivity index (χ0) is 17.6. The number of aryl methyl sites for hydroxylation is 1. The van der Waals surface area contributed by atoms with Crippen LogP contribution in [0.4, 0.5) is 4.39 Å². The molecule has 1 atom stereocenters. The summed E-state index contributed by atoms with van der Waals surface area (Å²) in [6, 6.07) is 13.9. The van der Waals surface area contributed by atoms with E-state index in [0.717, 1.165) is 30.4 Å². The molecule has 25 heavy (non-hydrogen) atoms. The summed E-state index contributed by atoms with van der Waals surface area (Å²) in [7, 11) is 0. The van der Waals surface area contributed by atoms with Gasteiger partial charge in [0.2, 0.25) is 0 Å². The SMILES string of the molecule is C/C=C/CCc1ccc(-c2ccc(C3C=CC(C)=CC3)cc2F)cc1. The first-order valence-electron chi connectivity index (χ1n) is 9.02. The fourth-order valence-electron chi connectivity index (χ4n) is 3.24. The minimum atomic E-state index is -0.140. The van der Waals surface area contributed by atoms with Crippen LogP contribution in [0.1, 0.15) is 43.7 Å². The molecule has 0 fully saturated rings. The van der Waals surface area contributed by atoms with Crippen LogP contribution in [0.3, 0.4) is 0 Å². The van der Waals surface area contributed by atoms with E-state index < -0.39 is 0 Å². The first-order chi connectivity index (χ1) is 12.2. The standard InChI is InChI=1S/C24H25F/c1-3-4-5-6-19-9-13-21(14-10-19)23-16-15-22(17-24(23)25)20-11-7-18(2)8-12-20/h3-4,7-11,13-17,20H,5-6,12H2,1-2H3/b4-3+. The van der Waals surface area contributed by atoms with Gasteiger partial charge in [-0.1, -0.05) is 72.4 Å². The van der Waals surface area contributed by atoms with Crippen LogP contribution in [0.15, 0.2) is 78.4 Å². The molecule has 128 valence electrons. The summed E-state index contributed by atoms with van der Waals surface area (Å²) in [5, 5.41) is 0. The zero-order valence-electron chi connectivity index (χ0n) is 15.0. The monoisotopic (exact) mass is 332 g/mol. The first-order valence-corrected chi connectivity index (χ1v) is 9.02. The maximum absolute atomic E-state index is 14.7. The largest absolute Gasteiger partial charge is 0.206 e. The summed E-state index contributed by atoms with van der Waals surface area (Å²) in [5.74, 6) is 0.139. The highest BCUT2D eigenvalue weighted by atomic mass is 19.1. The van der Waals surface area contributed by atoms with Crippen LogP contribution in [0.2, 0.25) is 0 Å². The van der Waals surface area contributed by atoms with Gasteiger partial charge in [-0.25, -0.2) is 4.39 Å². The van der Waals surface area contributed by atoms with Crippen LogP contribution in [0, 0.1) is 5.82 Å². The van der Waals surface area contributed by atoms with E-state index in [4.69, 9.17) is 0 Å². The summed E-state index contributed by atoms with van der Waals surface area (Å²) in [6.07, 6.45) is 13.8. The Labute approximate surface area is 150 Å². The molecule has 0 bridgehead atoms. The molecule has 2 aromatic carbocycles. The van der Waals surface area contributed by atoms with E-state index in [2.05, 4.69) is 55.5 Å². The van der Waals surface area contributed by atoms with Crippen LogP contribution in [0.5, 0.6) is 0 Å². The fourth-order valence-corrected chi connectivity index (χ4v) is 3.24. The molecule has 0 amide bonds. The molecule has 0 saturated carbocycles. The zero-order valence-corrected chi connectivity index (χ0v) is 15.0. The molecule has 0 radical (unpaired) electrons. The third-order valence-corrected chi connectivity index (χ3v) is 4.81. The van der Waals surface area contributed by atoms with Gasteiger partial charge in [-0.05, 0) is 55.9 Å². The highest BCUT2D eigenvalue weighted by Crippen LogP contribution is 2.31. The molecule has 0 nitrogen and oxygen atoms in total. The Kier molecular flexibility index (Phi) is 5.65. The molecule has 0 aromatic heterocycles. The lowest BCUT2D eigenvalue weighted by atomic mass is 9.89. The van der Waals surface area contributed by atoms with Crippen molar-refractivity contribution < 1.29 is 4.39 Å². The normalized spacial score (nSPS) is 17.1. The predicted molar refractivity (Wildman–Crippen MR) is 105 cm³/mol. The number of hydrogen-bond acceptors (Lipinski definition) is 0. The second-order valence-electron chi connectivity index (χ2n) is 6.69. The second kappa shape index (κ2) is 8.11. The molecule has 0 spiro atoms. The van der Waals surface area contributed by atoms with Gasteiger partial charge in [-0.15, -0.1) is 0 Å². The average Bonchev–Trinajstić information content (AvgIpc) is 2.63. The molecule has 0 heterocycles. The van der Waals surface area contributed by atoms with E-state index in [1.165, 1.54) is 11.1 Å². The Bertz CT molecular complexity index is 806. The Morgan fingerprint density at radius 2 is 1.92 bits per heavy atom. The van der Waals surface area contributed by atoms with E-state index in [1.54, 1.807) is 6.07 Å².